The number of rotatable bonds is 9. The van der Waals surface area contributed by atoms with Crippen LogP contribution in [-0.4, -0.2) is 18.9 Å². The highest BCUT2D eigenvalue weighted by Crippen LogP contribution is 2.50. The molecule has 0 spiro atoms. The zero-order valence-corrected chi connectivity index (χ0v) is 55.4. The summed E-state index contributed by atoms with van der Waals surface area (Å²) in [5, 5.41) is 11.2. The van der Waals surface area contributed by atoms with E-state index >= 15 is 4.79 Å². The molecule has 0 aliphatic carbocycles. The van der Waals surface area contributed by atoms with Crippen LogP contribution in [-0.2, 0) is 6.54 Å². The Balaban J connectivity index is 0.660. The highest BCUT2D eigenvalue weighted by molar-refractivity contribution is 6.27. The molecule has 0 saturated carbocycles. The molecular formula is C96H56N4O3. The highest BCUT2D eigenvalue weighted by Gasteiger charge is 2.28. The average molecular weight is 1310 g/mol. The van der Waals surface area contributed by atoms with Gasteiger partial charge in [0.15, 0.2) is 0 Å². The van der Waals surface area contributed by atoms with E-state index in [-0.39, 0.29) is 5.56 Å². The van der Waals surface area contributed by atoms with Crippen LogP contribution in [0.15, 0.2) is 341 Å². The molecular weight excluding hydrogens is 1260 g/mol. The molecule has 21 aromatic rings. The van der Waals surface area contributed by atoms with Gasteiger partial charge in [0.25, 0.3) is 5.56 Å². The molecule has 14 aromatic carbocycles. The first kappa shape index (κ1) is 57.2. The third-order valence-corrected chi connectivity index (χ3v) is 21.7. The van der Waals surface area contributed by atoms with Gasteiger partial charge in [0.2, 0.25) is 0 Å². The van der Waals surface area contributed by atoms with E-state index < -0.39 is 0 Å². The minimum Gasteiger partial charge on any atom is -0.455 e. The molecule has 478 valence electrons. The summed E-state index contributed by atoms with van der Waals surface area (Å²) in [7, 11) is 0. The zero-order chi connectivity index (χ0) is 67.5. The lowest BCUT2D eigenvalue weighted by atomic mass is 9.87. The number of fused-ring (bicyclic) bond motifs is 16. The van der Waals surface area contributed by atoms with Crippen LogP contribution in [0.1, 0.15) is 5.56 Å². The van der Waals surface area contributed by atoms with Crippen LogP contribution in [0.2, 0.25) is 0 Å². The predicted molar refractivity (Wildman–Crippen MR) is 424 cm³/mol. The Labute approximate surface area is 589 Å². The van der Waals surface area contributed by atoms with E-state index in [9.17, 15) is 0 Å². The van der Waals surface area contributed by atoms with Crippen LogP contribution >= 0.6 is 0 Å². The number of hydrogen-bond acceptors (Lipinski definition) is 5. The number of furan rings is 2. The average Bonchev–Trinajstić information content (AvgIpc) is 1.57. The molecule has 0 atom stereocenters. The quantitative estimate of drug-likeness (QED) is 0.135. The van der Waals surface area contributed by atoms with Crippen LogP contribution in [0, 0.1) is 0 Å². The predicted octanol–water partition coefficient (Wildman–Crippen LogP) is 24.9. The molecule has 0 N–H and O–H groups in total. The first-order valence-electron chi connectivity index (χ1n) is 35.1. The number of pyridine rings is 3. The topological polar surface area (TPSA) is 78.5 Å². The van der Waals surface area contributed by atoms with Crippen molar-refractivity contribution in [2.45, 2.75) is 6.54 Å². The lowest BCUT2D eigenvalue weighted by molar-refractivity contribution is 0.670. The van der Waals surface area contributed by atoms with E-state index in [0.717, 1.165) is 184 Å². The SMILES string of the molecule is O=c1c2ccccc2c2c(-c3cccc4c3oc3c(-c5ccc(-c6cc(-c7ccc8c9ccc(-c%10cc(-c%11ccccc%11)nc(-c%11ccccc%11)c%10)cc9n9c8c7-c7ccccc7C9)cc(-c7ccccc7)n6)cc5)cccc34)ccc3c4ccc(-c5cccc6c5oc5ccccc56)cc4n1c32. The lowest BCUT2D eigenvalue weighted by Gasteiger charge is -2.23. The van der Waals surface area contributed by atoms with Gasteiger partial charge in [0, 0.05) is 105 Å². The Morgan fingerprint density at radius 1 is 0.272 bits per heavy atom. The summed E-state index contributed by atoms with van der Waals surface area (Å²) in [6, 6.07) is 116. The maximum Gasteiger partial charge on any atom is 0.263 e. The summed E-state index contributed by atoms with van der Waals surface area (Å²) in [6.45, 7) is 0.748. The first-order chi connectivity index (χ1) is 51.0. The van der Waals surface area contributed by atoms with E-state index in [1.165, 1.54) is 38.5 Å². The van der Waals surface area contributed by atoms with Crippen LogP contribution in [0.4, 0.5) is 0 Å². The van der Waals surface area contributed by atoms with Gasteiger partial charge in [0.1, 0.15) is 22.3 Å². The second-order valence-electron chi connectivity index (χ2n) is 27.3. The molecule has 7 aromatic heterocycles. The molecule has 22 rings (SSSR count). The molecule has 0 amide bonds. The van der Waals surface area contributed by atoms with Crippen molar-refractivity contribution < 1.29 is 8.83 Å². The van der Waals surface area contributed by atoms with E-state index in [1.807, 2.05) is 40.8 Å². The summed E-state index contributed by atoms with van der Waals surface area (Å²) in [4.78, 5) is 25.8. The highest BCUT2D eigenvalue weighted by atomic mass is 16.3. The normalized spacial score (nSPS) is 12.3. The largest absolute Gasteiger partial charge is 0.455 e. The summed E-state index contributed by atoms with van der Waals surface area (Å²) in [6.07, 6.45) is 0. The Morgan fingerprint density at radius 2 is 0.728 bits per heavy atom. The van der Waals surface area contributed by atoms with E-state index in [2.05, 4.69) is 296 Å². The summed E-state index contributed by atoms with van der Waals surface area (Å²) < 4.78 is 18.3. The molecule has 7 nitrogen and oxygen atoms in total. The number of para-hydroxylation sites is 4. The number of nitrogens with zero attached hydrogens (tertiary/aromatic N) is 4. The second-order valence-corrected chi connectivity index (χ2v) is 27.3. The first-order valence-corrected chi connectivity index (χ1v) is 35.1. The number of hydrogen-bond donors (Lipinski definition) is 0. The Hall–Kier alpha value is -13.8. The van der Waals surface area contributed by atoms with Gasteiger partial charge in [-0.2, -0.15) is 0 Å². The summed E-state index contributed by atoms with van der Waals surface area (Å²) in [5.41, 5.74) is 29.4. The minimum atomic E-state index is -0.0522. The van der Waals surface area contributed by atoms with Crippen LogP contribution < -0.4 is 5.56 Å². The van der Waals surface area contributed by atoms with E-state index in [4.69, 9.17) is 18.8 Å². The molecule has 0 fully saturated rings. The third kappa shape index (κ3) is 8.67. The lowest BCUT2D eigenvalue weighted by Crippen LogP contribution is -2.13. The van der Waals surface area contributed by atoms with Crippen LogP contribution in [0.3, 0.4) is 0 Å². The van der Waals surface area contributed by atoms with Gasteiger partial charge in [-0.25, -0.2) is 9.97 Å². The maximum atomic E-state index is 15.1. The van der Waals surface area contributed by atoms with Gasteiger partial charge in [-0.3, -0.25) is 9.20 Å². The standard InChI is InChI=1S/C96H56N4O3/c101-96-81-29-13-12-28-73(81)90-74(46-48-76-71-44-42-62(54-87(71)100(96)92(76)90)69-31-17-32-77-72-27-14-15-36-88(72)102-93(69)77)78-33-18-35-80-79-34-16-30-68(94(79)103-95(78)80)56-37-39-60(40-38-56)85-52-65(51-84(98-85)59-23-8-3-9-24-59)67-45-47-75-70-43-41-61(53-86(70)99-55-63-25-10-11-26-66(63)89(67)91(75)99)64-49-82(57-19-4-1-5-20-57)97-83(50-64)58-21-6-2-7-22-58/h1-54H,55H2. The fourth-order valence-electron chi connectivity index (χ4n) is 17.0. The Kier molecular flexibility index (Phi) is 12.3. The molecule has 0 unspecified atom stereocenters. The van der Waals surface area contributed by atoms with Crippen LogP contribution in [0.25, 0.3) is 215 Å². The minimum absolute atomic E-state index is 0.0522. The van der Waals surface area contributed by atoms with Gasteiger partial charge in [-0.15, -0.1) is 0 Å². The Morgan fingerprint density at radius 3 is 1.41 bits per heavy atom. The number of aromatic nitrogens is 4. The van der Waals surface area contributed by atoms with Gasteiger partial charge < -0.3 is 13.4 Å². The molecule has 0 radical (unpaired) electrons. The molecule has 0 bridgehead atoms. The van der Waals surface area contributed by atoms with Crippen molar-refractivity contribution >= 4 is 104 Å². The van der Waals surface area contributed by atoms with Crippen molar-refractivity contribution in [2.75, 3.05) is 0 Å². The van der Waals surface area contributed by atoms with E-state index in [0.29, 0.717) is 5.39 Å². The Bertz CT molecular complexity index is 7150. The molecule has 7 heteroatoms. The van der Waals surface area contributed by atoms with Gasteiger partial charge in [-0.05, 0) is 104 Å². The van der Waals surface area contributed by atoms with Crippen LogP contribution in [0.5, 0.6) is 0 Å². The molecule has 1 aliphatic rings. The molecule has 1 aliphatic heterocycles. The van der Waals surface area contributed by atoms with Crippen molar-refractivity contribution in [3.05, 3.63) is 344 Å². The molecule has 103 heavy (non-hydrogen) atoms. The maximum absolute atomic E-state index is 15.1. The second kappa shape index (κ2) is 22.1. The smallest absolute Gasteiger partial charge is 0.263 e. The fraction of sp³-hybridized carbons (Fsp3) is 0.0104. The van der Waals surface area contributed by atoms with Crippen molar-refractivity contribution in [3.8, 4) is 112 Å². The fourth-order valence-corrected chi connectivity index (χ4v) is 17.0. The molecule has 8 heterocycles. The molecule has 0 saturated heterocycles. The number of benzene rings is 14. The zero-order valence-electron chi connectivity index (χ0n) is 55.4. The van der Waals surface area contributed by atoms with Gasteiger partial charge in [0.05, 0.1) is 44.8 Å². The monoisotopic (exact) mass is 1310 g/mol. The van der Waals surface area contributed by atoms with E-state index in [1.54, 1.807) is 0 Å². The van der Waals surface area contributed by atoms with Crippen molar-refractivity contribution in [1.29, 1.82) is 0 Å². The third-order valence-electron chi connectivity index (χ3n) is 21.7. The summed E-state index contributed by atoms with van der Waals surface area (Å²) >= 11 is 0. The van der Waals surface area contributed by atoms with Gasteiger partial charge >= 0.3 is 0 Å². The van der Waals surface area contributed by atoms with Crippen molar-refractivity contribution in [1.82, 2.24) is 18.9 Å². The van der Waals surface area contributed by atoms with Crippen molar-refractivity contribution in [2.24, 2.45) is 0 Å². The summed E-state index contributed by atoms with van der Waals surface area (Å²) in [5.74, 6) is 0. The van der Waals surface area contributed by atoms with Crippen molar-refractivity contribution in [3.63, 3.8) is 0 Å². The van der Waals surface area contributed by atoms with Gasteiger partial charge in [-0.1, -0.05) is 279 Å².